The summed E-state index contributed by atoms with van der Waals surface area (Å²) in [6, 6.07) is 11.2. The molecular formula is C32H38NO+. The Morgan fingerprint density at radius 1 is 0.912 bits per heavy atom. The smallest absolute Gasteiger partial charge is 0.228 e. The molecule has 1 aliphatic heterocycles. The van der Waals surface area contributed by atoms with Crippen LogP contribution in [0.25, 0.3) is 32.8 Å². The number of benzene rings is 3. The zero-order chi connectivity index (χ0) is 26.3. The van der Waals surface area contributed by atoms with E-state index in [0.29, 0.717) is 0 Å². The third-order valence-electron chi connectivity index (χ3n) is 6.76. The zero-order valence-corrected chi connectivity index (χ0v) is 22.2. The first-order valence-electron chi connectivity index (χ1n) is 13.4. The first-order chi connectivity index (χ1) is 16.7. The van der Waals surface area contributed by atoms with E-state index in [4.69, 9.17) is 7.48 Å². The van der Waals surface area contributed by atoms with Crippen molar-refractivity contribution in [1.82, 2.24) is 0 Å². The second-order valence-corrected chi connectivity index (χ2v) is 12.6. The van der Waals surface area contributed by atoms with Crippen LogP contribution in [0.5, 0.6) is 11.5 Å². The van der Waals surface area contributed by atoms with Crippen LogP contribution in [0.15, 0.2) is 42.5 Å². The Labute approximate surface area is 207 Å². The summed E-state index contributed by atoms with van der Waals surface area (Å²) in [7, 11) is 1.92. The number of nitrogens with zero attached hydrogens (tertiary/aromatic N) is 1. The van der Waals surface area contributed by atoms with Crippen molar-refractivity contribution in [3.05, 3.63) is 64.8 Å². The van der Waals surface area contributed by atoms with Crippen molar-refractivity contribution in [3.8, 4) is 22.8 Å². The van der Waals surface area contributed by atoms with Crippen LogP contribution in [0, 0.1) is 24.7 Å². The van der Waals surface area contributed by atoms with E-state index in [-0.39, 0.29) is 23.0 Å². The van der Waals surface area contributed by atoms with Crippen LogP contribution in [0.1, 0.15) is 66.5 Å². The van der Waals surface area contributed by atoms with E-state index in [1.165, 1.54) is 27.5 Å². The van der Waals surface area contributed by atoms with Gasteiger partial charge in [0.1, 0.15) is 19.9 Å². The predicted octanol–water partition coefficient (Wildman–Crippen LogP) is 8.38. The molecule has 0 saturated carbocycles. The van der Waals surface area contributed by atoms with Crippen molar-refractivity contribution in [3.63, 3.8) is 0 Å². The van der Waals surface area contributed by atoms with Gasteiger partial charge in [-0.15, -0.1) is 0 Å². The molecule has 0 unspecified atom stereocenters. The van der Waals surface area contributed by atoms with Crippen LogP contribution in [-0.2, 0) is 19.9 Å². The molecule has 0 N–H and O–H groups in total. The van der Waals surface area contributed by atoms with Gasteiger partial charge in [-0.05, 0) is 70.9 Å². The minimum absolute atomic E-state index is 0.0711. The fourth-order valence-corrected chi connectivity index (χ4v) is 5.49. The van der Waals surface area contributed by atoms with Gasteiger partial charge in [0.25, 0.3) is 0 Å². The van der Waals surface area contributed by atoms with Gasteiger partial charge in [-0.3, -0.25) is 0 Å². The first-order valence-corrected chi connectivity index (χ1v) is 12.4. The highest BCUT2D eigenvalue weighted by Crippen LogP contribution is 2.52. The SMILES string of the molecule is [2H]c1c([2H])[n+](C)c2c3c(cc(CC(C)(C)C)cc13)Oc1c-2c(C)c2cc(C)ccc2c1CC(C)(C)C. The molecule has 1 aromatic heterocycles. The Bertz CT molecular complexity index is 1570. The standard InChI is InChI=1S/C32H38NO/c1-19-10-11-23-24(14-19)20(2)27-29-28-22(12-13-33(29)9)15-21(17-31(3,4)5)16-26(28)34-30(27)25(23)18-32(6,7)8/h10-16H,17-18H2,1-9H3/q+1/i12D,13D. The highest BCUT2D eigenvalue weighted by molar-refractivity contribution is 6.06. The number of hydrogen-bond donors (Lipinski definition) is 0. The van der Waals surface area contributed by atoms with Crippen LogP contribution >= 0.6 is 0 Å². The van der Waals surface area contributed by atoms with Gasteiger partial charge < -0.3 is 4.74 Å². The Balaban J connectivity index is 1.96. The van der Waals surface area contributed by atoms with Gasteiger partial charge in [-0.2, -0.15) is 0 Å². The summed E-state index contributed by atoms with van der Waals surface area (Å²) in [4.78, 5) is 0. The molecule has 176 valence electrons. The number of aryl methyl sites for hydroxylation is 2. The van der Waals surface area contributed by atoms with Gasteiger partial charge >= 0.3 is 0 Å². The van der Waals surface area contributed by atoms with Crippen molar-refractivity contribution in [2.45, 2.75) is 68.2 Å². The summed E-state index contributed by atoms with van der Waals surface area (Å²) >= 11 is 0. The molecule has 0 aliphatic carbocycles. The quantitative estimate of drug-likeness (QED) is 0.244. The topological polar surface area (TPSA) is 13.1 Å². The van der Waals surface area contributed by atoms with Crippen LogP contribution in [0.3, 0.4) is 0 Å². The molecule has 0 fully saturated rings. The molecule has 4 aromatic rings. The second-order valence-electron chi connectivity index (χ2n) is 12.6. The molecule has 0 bridgehead atoms. The lowest BCUT2D eigenvalue weighted by Gasteiger charge is -2.28. The largest absolute Gasteiger partial charge is 0.455 e. The van der Waals surface area contributed by atoms with Crippen molar-refractivity contribution < 1.29 is 12.0 Å². The molecule has 0 saturated heterocycles. The molecule has 5 rings (SSSR count). The molecule has 2 heterocycles. The number of pyridine rings is 1. The molecule has 0 spiro atoms. The number of hydrogen-bond acceptors (Lipinski definition) is 1. The summed E-state index contributed by atoms with van der Waals surface area (Å²) in [5.41, 5.74) is 6.98. The molecular weight excluding hydrogens is 414 g/mol. The van der Waals surface area contributed by atoms with Crippen LogP contribution < -0.4 is 9.30 Å². The zero-order valence-electron chi connectivity index (χ0n) is 24.2. The van der Waals surface area contributed by atoms with Crippen LogP contribution in [0.4, 0.5) is 0 Å². The highest BCUT2D eigenvalue weighted by Gasteiger charge is 2.34. The minimum atomic E-state index is 0.0711. The Kier molecular flexibility index (Phi) is 4.56. The maximum absolute atomic E-state index is 8.86. The number of rotatable bonds is 2. The summed E-state index contributed by atoms with van der Waals surface area (Å²) in [5, 5.41) is 4.22. The van der Waals surface area contributed by atoms with Gasteiger partial charge in [0.05, 0.1) is 12.3 Å². The third-order valence-corrected chi connectivity index (χ3v) is 6.76. The number of aromatic nitrogens is 1. The normalized spacial score (nSPS) is 14.1. The number of ether oxygens (including phenoxy) is 1. The fraction of sp³-hybridized carbons (Fsp3) is 0.406. The van der Waals surface area contributed by atoms with E-state index in [2.05, 4.69) is 85.7 Å². The molecule has 0 radical (unpaired) electrons. The van der Waals surface area contributed by atoms with E-state index < -0.39 is 0 Å². The van der Waals surface area contributed by atoms with Gasteiger partial charge in [0, 0.05) is 11.6 Å². The average Bonchev–Trinajstić information content (AvgIpc) is 2.75. The number of fused-ring (bicyclic) bond motifs is 3. The highest BCUT2D eigenvalue weighted by atomic mass is 16.5. The van der Waals surface area contributed by atoms with Crippen molar-refractivity contribution in [2.75, 3.05) is 0 Å². The predicted molar refractivity (Wildman–Crippen MR) is 144 cm³/mol. The minimum Gasteiger partial charge on any atom is -0.455 e. The molecule has 2 nitrogen and oxygen atoms in total. The van der Waals surface area contributed by atoms with Gasteiger partial charge in [0.2, 0.25) is 5.69 Å². The monoisotopic (exact) mass is 454 g/mol. The molecule has 0 amide bonds. The first kappa shape index (κ1) is 20.5. The Morgan fingerprint density at radius 3 is 2.29 bits per heavy atom. The van der Waals surface area contributed by atoms with Gasteiger partial charge in [0.15, 0.2) is 6.17 Å². The third kappa shape index (κ3) is 3.87. The Morgan fingerprint density at radius 2 is 1.62 bits per heavy atom. The maximum atomic E-state index is 8.86. The fourth-order valence-electron chi connectivity index (χ4n) is 5.49. The van der Waals surface area contributed by atoms with Crippen molar-refractivity contribution in [1.29, 1.82) is 0 Å². The molecule has 1 aliphatic rings. The Hall–Kier alpha value is -2.87. The van der Waals surface area contributed by atoms with Crippen molar-refractivity contribution >= 4 is 21.5 Å². The van der Waals surface area contributed by atoms with E-state index in [0.717, 1.165) is 51.9 Å². The summed E-state index contributed by atoms with van der Waals surface area (Å²) in [6.07, 6.45) is 1.98. The van der Waals surface area contributed by atoms with Gasteiger partial charge in [-0.25, -0.2) is 4.57 Å². The maximum Gasteiger partial charge on any atom is 0.228 e. The summed E-state index contributed by atoms with van der Waals surface area (Å²) in [6.45, 7) is 17.8. The van der Waals surface area contributed by atoms with Crippen molar-refractivity contribution in [2.24, 2.45) is 17.9 Å². The van der Waals surface area contributed by atoms with Gasteiger partial charge in [-0.1, -0.05) is 71.4 Å². The lowest BCUT2D eigenvalue weighted by atomic mass is 9.81. The average molecular weight is 455 g/mol. The van der Waals surface area contributed by atoms with E-state index in [1.54, 1.807) is 0 Å². The summed E-state index contributed by atoms with van der Waals surface area (Å²) in [5.74, 6) is 1.72. The second kappa shape index (κ2) is 7.57. The molecule has 2 heteroatoms. The molecule has 0 atom stereocenters. The summed E-state index contributed by atoms with van der Waals surface area (Å²) < 4.78 is 26.5. The van der Waals surface area contributed by atoms with E-state index in [1.807, 2.05) is 11.6 Å². The molecule has 3 aromatic carbocycles. The van der Waals surface area contributed by atoms with E-state index >= 15 is 0 Å². The van der Waals surface area contributed by atoms with Crippen LogP contribution in [0.2, 0.25) is 0 Å². The molecule has 34 heavy (non-hydrogen) atoms. The van der Waals surface area contributed by atoms with E-state index in [9.17, 15) is 0 Å². The van der Waals surface area contributed by atoms with Crippen LogP contribution in [-0.4, -0.2) is 0 Å². The lowest BCUT2D eigenvalue weighted by molar-refractivity contribution is -0.659. The lowest BCUT2D eigenvalue weighted by Crippen LogP contribution is -2.32.